The van der Waals surface area contributed by atoms with Crippen LogP contribution in [-0.2, 0) is 4.79 Å². The van der Waals surface area contributed by atoms with E-state index in [0.717, 1.165) is 23.4 Å². The van der Waals surface area contributed by atoms with E-state index in [-0.39, 0.29) is 5.91 Å². The maximum atomic E-state index is 13.4. The summed E-state index contributed by atoms with van der Waals surface area (Å²) < 4.78 is 0. The third kappa shape index (κ3) is 4.12. The first-order valence-corrected chi connectivity index (χ1v) is 11.8. The quantitative estimate of drug-likeness (QED) is 0.679. The third-order valence-electron chi connectivity index (χ3n) is 6.69. The summed E-state index contributed by atoms with van der Waals surface area (Å²) in [6, 6.07) is 15.7. The van der Waals surface area contributed by atoms with E-state index in [0.29, 0.717) is 27.8 Å². The highest BCUT2D eigenvalue weighted by molar-refractivity contribution is 7.80. The topological polar surface area (TPSA) is 60.0 Å². The number of amides is 1. The van der Waals surface area contributed by atoms with Gasteiger partial charge in [-0.2, -0.15) is 0 Å². The molecule has 6 nitrogen and oxygen atoms in total. The van der Waals surface area contributed by atoms with Gasteiger partial charge < -0.3 is 20.4 Å². The second-order valence-corrected chi connectivity index (χ2v) is 9.51. The first-order valence-electron chi connectivity index (χ1n) is 11.0. The van der Waals surface area contributed by atoms with Crippen molar-refractivity contribution in [3.8, 4) is 0 Å². The molecule has 3 fully saturated rings. The number of fused-ring (bicyclic) bond motifs is 4. The molecule has 166 valence electrons. The van der Waals surface area contributed by atoms with Crippen molar-refractivity contribution in [3.05, 3.63) is 64.7 Å². The standard InChI is InChI=1S/C24H26ClN5OS/c1-29-20-8-7-17(25)13-18(20)21(16-5-3-2-4-6-16)27-22(23(29)31)28-24(32)26-19-14-30-11-9-15(19)10-12-30/h2-8,13,15,19,22H,9-12,14H2,1H3,(H2,26,28,32). The number of thiocarbonyl (C=S) groups is 1. The van der Waals surface area contributed by atoms with E-state index in [4.69, 9.17) is 28.8 Å². The zero-order chi connectivity index (χ0) is 22.2. The van der Waals surface area contributed by atoms with Gasteiger partial charge in [0.25, 0.3) is 5.91 Å². The highest BCUT2D eigenvalue weighted by Gasteiger charge is 2.35. The number of nitrogens with zero attached hydrogens (tertiary/aromatic N) is 3. The summed E-state index contributed by atoms with van der Waals surface area (Å²) in [5, 5.41) is 7.71. The van der Waals surface area contributed by atoms with Crippen LogP contribution in [-0.4, -0.2) is 60.5 Å². The van der Waals surface area contributed by atoms with Crippen LogP contribution in [0.15, 0.2) is 53.5 Å². The summed E-state index contributed by atoms with van der Waals surface area (Å²) >= 11 is 11.9. The molecule has 3 saturated heterocycles. The maximum absolute atomic E-state index is 13.4. The fourth-order valence-corrected chi connectivity index (χ4v) is 5.36. The molecule has 0 spiro atoms. The molecule has 6 rings (SSSR count). The molecule has 2 aromatic carbocycles. The number of carbonyl (C=O) groups excluding carboxylic acids is 1. The molecule has 1 amide bonds. The molecule has 0 aromatic heterocycles. The summed E-state index contributed by atoms with van der Waals surface area (Å²) in [7, 11) is 1.76. The minimum absolute atomic E-state index is 0.169. The highest BCUT2D eigenvalue weighted by Crippen LogP contribution is 2.30. The molecule has 4 heterocycles. The molecular formula is C24H26ClN5OS. The molecule has 2 unspecified atom stereocenters. The zero-order valence-electron chi connectivity index (χ0n) is 17.9. The van der Waals surface area contributed by atoms with Crippen molar-refractivity contribution in [2.24, 2.45) is 10.9 Å². The number of nitrogens with one attached hydrogen (secondary N) is 2. The molecule has 4 aliphatic rings. The Morgan fingerprint density at radius 3 is 2.56 bits per heavy atom. The number of hydrogen-bond acceptors (Lipinski definition) is 4. The van der Waals surface area contributed by atoms with E-state index in [2.05, 4.69) is 15.5 Å². The number of halogens is 1. The van der Waals surface area contributed by atoms with Crippen LogP contribution in [0.3, 0.4) is 0 Å². The van der Waals surface area contributed by atoms with Crippen LogP contribution in [0.2, 0.25) is 5.02 Å². The van der Waals surface area contributed by atoms with Gasteiger partial charge in [0.15, 0.2) is 5.11 Å². The molecule has 32 heavy (non-hydrogen) atoms. The van der Waals surface area contributed by atoms with Crippen LogP contribution in [0.1, 0.15) is 24.0 Å². The van der Waals surface area contributed by atoms with Crippen molar-refractivity contribution in [1.82, 2.24) is 15.5 Å². The number of benzene rings is 2. The van der Waals surface area contributed by atoms with Gasteiger partial charge in [-0.1, -0.05) is 41.9 Å². The fraction of sp³-hybridized carbons (Fsp3) is 0.375. The Bertz CT molecular complexity index is 1070. The van der Waals surface area contributed by atoms with Crippen LogP contribution >= 0.6 is 23.8 Å². The summed E-state index contributed by atoms with van der Waals surface area (Å²) in [5.41, 5.74) is 3.22. The minimum atomic E-state index is -0.831. The van der Waals surface area contributed by atoms with Crippen molar-refractivity contribution < 1.29 is 4.79 Å². The Morgan fingerprint density at radius 1 is 1.12 bits per heavy atom. The Balaban J connectivity index is 1.44. The summed E-state index contributed by atoms with van der Waals surface area (Å²) in [6.45, 7) is 3.33. The van der Waals surface area contributed by atoms with Crippen molar-refractivity contribution >= 4 is 46.2 Å². The van der Waals surface area contributed by atoms with E-state index >= 15 is 0 Å². The fourth-order valence-electron chi connectivity index (χ4n) is 4.93. The summed E-state index contributed by atoms with van der Waals surface area (Å²) in [4.78, 5) is 22.3. The molecule has 2 aromatic rings. The Morgan fingerprint density at radius 2 is 1.88 bits per heavy atom. The van der Waals surface area contributed by atoms with Gasteiger partial charge in [0.2, 0.25) is 6.17 Å². The van der Waals surface area contributed by atoms with E-state index in [1.165, 1.54) is 25.9 Å². The predicted molar refractivity (Wildman–Crippen MR) is 133 cm³/mol. The van der Waals surface area contributed by atoms with Crippen LogP contribution < -0.4 is 15.5 Å². The lowest BCUT2D eigenvalue weighted by Crippen LogP contribution is -2.60. The molecule has 0 aliphatic carbocycles. The molecule has 2 atom stereocenters. The number of carbonyl (C=O) groups is 1. The Hall–Kier alpha value is -2.48. The average molecular weight is 468 g/mol. The summed E-state index contributed by atoms with van der Waals surface area (Å²) in [5.74, 6) is 0.458. The van der Waals surface area contributed by atoms with E-state index in [9.17, 15) is 4.79 Å². The maximum Gasteiger partial charge on any atom is 0.272 e. The summed E-state index contributed by atoms with van der Waals surface area (Å²) in [6.07, 6.45) is 1.55. The van der Waals surface area contributed by atoms with E-state index in [1.807, 2.05) is 42.5 Å². The molecular weight excluding hydrogens is 442 g/mol. The van der Waals surface area contributed by atoms with E-state index in [1.54, 1.807) is 18.0 Å². The van der Waals surface area contributed by atoms with Gasteiger partial charge in [-0.3, -0.25) is 4.79 Å². The van der Waals surface area contributed by atoms with Gasteiger partial charge in [0, 0.05) is 35.8 Å². The van der Waals surface area contributed by atoms with Gasteiger partial charge in [-0.25, -0.2) is 4.99 Å². The third-order valence-corrected chi connectivity index (χ3v) is 7.16. The smallest absolute Gasteiger partial charge is 0.272 e. The monoisotopic (exact) mass is 467 g/mol. The normalized spacial score (nSPS) is 26.8. The van der Waals surface area contributed by atoms with Crippen LogP contribution in [0, 0.1) is 5.92 Å². The zero-order valence-corrected chi connectivity index (χ0v) is 19.5. The van der Waals surface area contributed by atoms with Gasteiger partial charge in [-0.05, 0) is 62.3 Å². The Labute approximate surface area is 198 Å². The number of piperidine rings is 3. The number of anilines is 1. The molecule has 4 aliphatic heterocycles. The van der Waals surface area contributed by atoms with Crippen LogP contribution in [0.4, 0.5) is 5.69 Å². The van der Waals surface area contributed by atoms with Crippen molar-refractivity contribution in [2.75, 3.05) is 31.6 Å². The highest BCUT2D eigenvalue weighted by atomic mass is 35.5. The van der Waals surface area contributed by atoms with Crippen molar-refractivity contribution in [2.45, 2.75) is 25.0 Å². The van der Waals surface area contributed by atoms with Crippen LogP contribution in [0.25, 0.3) is 0 Å². The lowest BCUT2D eigenvalue weighted by Gasteiger charge is -2.45. The predicted octanol–water partition coefficient (Wildman–Crippen LogP) is 3.04. The largest absolute Gasteiger partial charge is 0.358 e. The number of rotatable bonds is 3. The number of aliphatic imine (C=N–C) groups is 1. The van der Waals surface area contributed by atoms with Crippen molar-refractivity contribution in [3.63, 3.8) is 0 Å². The van der Waals surface area contributed by atoms with Gasteiger partial charge in [-0.15, -0.1) is 0 Å². The first-order chi connectivity index (χ1) is 15.5. The SMILES string of the molecule is CN1C(=O)C(NC(=S)NC2CN3CCC2CC3)N=C(c2ccccc2)c2cc(Cl)ccc21. The minimum Gasteiger partial charge on any atom is -0.358 e. The molecule has 2 bridgehead atoms. The second kappa shape index (κ2) is 8.81. The molecule has 2 N–H and O–H groups in total. The first kappa shape index (κ1) is 21.4. The number of benzodiazepines with no additional fused rings is 1. The van der Waals surface area contributed by atoms with Gasteiger partial charge in [0.05, 0.1) is 11.4 Å². The average Bonchev–Trinajstić information content (AvgIpc) is 2.91. The Kier molecular flexibility index (Phi) is 5.88. The molecule has 0 radical (unpaired) electrons. The van der Waals surface area contributed by atoms with E-state index < -0.39 is 6.17 Å². The van der Waals surface area contributed by atoms with Gasteiger partial charge in [0.1, 0.15) is 0 Å². The van der Waals surface area contributed by atoms with Gasteiger partial charge >= 0.3 is 0 Å². The lowest BCUT2D eigenvalue weighted by atomic mass is 9.84. The van der Waals surface area contributed by atoms with Crippen LogP contribution in [0.5, 0.6) is 0 Å². The second-order valence-electron chi connectivity index (χ2n) is 8.67. The lowest BCUT2D eigenvalue weighted by molar-refractivity contribution is -0.119. The molecule has 0 saturated carbocycles. The molecule has 8 heteroatoms. The number of likely N-dealkylation sites (N-methyl/N-ethyl adjacent to an activating group) is 1. The van der Waals surface area contributed by atoms with Crippen molar-refractivity contribution in [1.29, 1.82) is 0 Å². The number of hydrogen-bond donors (Lipinski definition) is 2.